The van der Waals surface area contributed by atoms with E-state index in [0.717, 1.165) is 11.6 Å². The maximum absolute atomic E-state index is 8.83. The van der Waals surface area contributed by atoms with Crippen LogP contribution in [0.1, 0.15) is 28.3 Å². The zero-order valence-electron chi connectivity index (χ0n) is 13.7. The number of halogens is 2. The van der Waals surface area contributed by atoms with Gasteiger partial charge in [0.05, 0.1) is 5.92 Å². The van der Waals surface area contributed by atoms with Crippen LogP contribution in [0.5, 0.6) is 0 Å². The first-order chi connectivity index (χ1) is 12.3. The Morgan fingerprint density at radius 1 is 0.923 bits per heavy atom. The molecule has 1 aliphatic rings. The molecule has 1 aliphatic heterocycles. The molecular weight excluding hydrogens is 377 g/mol. The fourth-order valence-electron chi connectivity index (χ4n) is 3.20. The van der Waals surface area contributed by atoms with Crippen molar-refractivity contribution in [3.05, 3.63) is 100 Å². The Kier molecular flexibility index (Phi) is 5.58. The van der Waals surface area contributed by atoms with Crippen molar-refractivity contribution in [2.75, 3.05) is 0 Å². The summed E-state index contributed by atoms with van der Waals surface area (Å²) in [6.45, 7) is 0.941. The Balaban J connectivity index is 0.000000349. The summed E-state index contributed by atoms with van der Waals surface area (Å²) in [7, 11) is -4.19. The quantitative estimate of drug-likeness (QED) is 0.424. The Labute approximate surface area is 158 Å². The number of pyridine rings is 1. The molecule has 0 saturated heterocycles. The van der Waals surface area contributed by atoms with Gasteiger partial charge < -0.3 is 0 Å². The molecule has 2 heterocycles. The number of rotatable bonds is 1. The summed E-state index contributed by atoms with van der Waals surface area (Å²) in [5, 5.41) is 0.781. The number of nitrogens with zero attached hydrogens (tertiary/aromatic N) is 1. The summed E-state index contributed by atoms with van der Waals surface area (Å²) >= 11 is 6.05. The molecule has 7 heteroatoms. The first-order valence-electron chi connectivity index (χ1n) is 7.81. The number of hydrogen-bond donors (Lipinski definition) is 3. The molecule has 0 fully saturated rings. The minimum absolute atomic E-state index is 0.272. The summed E-state index contributed by atoms with van der Waals surface area (Å²) in [4.78, 5) is 0. The van der Waals surface area contributed by atoms with Crippen molar-refractivity contribution in [1.82, 2.24) is 0 Å². The topological polar surface area (TPSA) is 87.6 Å². The molecule has 0 radical (unpaired) electrons. The van der Waals surface area contributed by atoms with E-state index in [1.165, 1.54) is 22.4 Å². The Bertz CT molecular complexity index is 843. The van der Waals surface area contributed by atoms with Gasteiger partial charge in [0.1, 0.15) is 0 Å². The van der Waals surface area contributed by atoms with Gasteiger partial charge in [-0.25, -0.2) is 0 Å². The third-order valence-corrected chi connectivity index (χ3v) is 4.43. The Hall–Kier alpha value is -1.99. The SMILES string of the molecule is Clc1ccc(C2c3ccccc3C[n+]3ccccc32)cc1.[O-][Cl+](O)(O)O. The van der Waals surface area contributed by atoms with E-state index in [9.17, 15) is 0 Å². The molecule has 1 atom stereocenters. The van der Waals surface area contributed by atoms with Crippen LogP contribution in [0.25, 0.3) is 0 Å². The zero-order chi connectivity index (χ0) is 18.7. The van der Waals surface area contributed by atoms with Gasteiger partial charge in [-0.05, 0) is 23.3 Å². The van der Waals surface area contributed by atoms with E-state index in [1.54, 1.807) is 0 Å². The standard InChI is InChI=1S/C19H15ClN.ClH3O4/c20-16-10-8-14(9-11-16)19-17-6-2-1-5-15(17)13-21-12-4-3-7-18(19)21;2-1(3,4)5/h1-12,19H,13H2;2-4H/q+1;. The number of fused-ring (bicyclic) bond motifs is 2. The number of aromatic nitrogens is 1. The van der Waals surface area contributed by atoms with E-state index in [4.69, 9.17) is 30.2 Å². The van der Waals surface area contributed by atoms with Crippen LogP contribution in [0.4, 0.5) is 0 Å². The van der Waals surface area contributed by atoms with Crippen LogP contribution in [0.15, 0.2) is 72.9 Å². The van der Waals surface area contributed by atoms with Gasteiger partial charge in [-0.15, -0.1) is 0 Å². The molecule has 1 aromatic heterocycles. The third kappa shape index (κ3) is 4.59. The number of hydrogen-bond acceptors (Lipinski definition) is 4. The molecular formula is C19H18Cl2NO4+. The molecule has 0 aliphatic carbocycles. The summed E-state index contributed by atoms with van der Waals surface area (Å²) in [6.07, 6.45) is 2.16. The minimum atomic E-state index is -4.19. The molecule has 0 amide bonds. The zero-order valence-corrected chi connectivity index (χ0v) is 15.2. The Morgan fingerprint density at radius 2 is 1.54 bits per heavy atom. The van der Waals surface area contributed by atoms with Crippen LogP contribution in [-0.2, 0) is 6.54 Å². The van der Waals surface area contributed by atoms with Gasteiger partial charge in [0.25, 0.3) is 0 Å². The second-order valence-corrected chi connectivity index (χ2v) is 7.17. The van der Waals surface area contributed by atoms with Crippen LogP contribution in [0.3, 0.4) is 0 Å². The van der Waals surface area contributed by atoms with E-state index >= 15 is 0 Å². The number of benzene rings is 2. The third-order valence-electron chi connectivity index (χ3n) is 4.18. The van der Waals surface area contributed by atoms with Crippen LogP contribution in [0, 0.1) is 10.2 Å². The van der Waals surface area contributed by atoms with Gasteiger partial charge in [-0.2, -0.15) is 4.57 Å². The molecule has 3 aromatic rings. The van der Waals surface area contributed by atoms with Crippen molar-refractivity contribution < 1.29 is 33.4 Å². The summed E-state index contributed by atoms with van der Waals surface area (Å²) in [5.74, 6) is 0.272. The fourth-order valence-corrected chi connectivity index (χ4v) is 3.33. The van der Waals surface area contributed by atoms with Crippen LogP contribution in [0.2, 0.25) is 5.02 Å². The predicted molar refractivity (Wildman–Crippen MR) is 91.2 cm³/mol. The fraction of sp³-hybridized carbons (Fsp3) is 0.105. The molecule has 2 aromatic carbocycles. The molecule has 0 spiro atoms. The van der Waals surface area contributed by atoms with Crippen molar-refractivity contribution in [2.45, 2.75) is 12.5 Å². The molecule has 4 rings (SSSR count). The maximum atomic E-state index is 8.83. The molecule has 136 valence electrons. The van der Waals surface area contributed by atoms with Gasteiger partial charge in [-0.3, -0.25) is 0 Å². The molecule has 5 nitrogen and oxygen atoms in total. The molecule has 0 saturated carbocycles. The molecule has 3 N–H and O–H groups in total. The molecule has 1 unspecified atom stereocenters. The van der Waals surface area contributed by atoms with Gasteiger partial charge >= 0.3 is 28.9 Å². The van der Waals surface area contributed by atoms with Gasteiger partial charge in [-0.1, -0.05) is 54.1 Å². The average Bonchev–Trinajstić information content (AvgIpc) is 2.59. The van der Waals surface area contributed by atoms with E-state index < -0.39 is 10.2 Å². The Morgan fingerprint density at radius 3 is 2.23 bits per heavy atom. The first kappa shape index (κ1) is 18.8. The van der Waals surface area contributed by atoms with Crippen LogP contribution in [-0.4, -0.2) is 14.0 Å². The van der Waals surface area contributed by atoms with Crippen molar-refractivity contribution >= 4 is 11.6 Å². The van der Waals surface area contributed by atoms with E-state index in [2.05, 4.69) is 65.4 Å². The van der Waals surface area contributed by atoms with Gasteiger partial charge in [0.15, 0.2) is 18.4 Å². The van der Waals surface area contributed by atoms with Crippen molar-refractivity contribution in [3.63, 3.8) is 0 Å². The second kappa shape index (κ2) is 7.72. The summed E-state index contributed by atoms with van der Waals surface area (Å²) in [6, 6.07) is 23.3. The molecule has 0 bridgehead atoms. The summed E-state index contributed by atoms with van der Waals surface area (Å²) in [5.41, 5.74) is 5.40. The van der Waals surface area contributed by atoms with Crippen molar-refractivity contribution in [2.24, 2.45) is 0 Å². The van der Waals surface area contributed by atoms with Crippen molar-refractivity contribution in [3.8, 4) is 0 Å². The summed E-state index contributed by atoms with van der Waals surface area (Å²) < 4.78 is 32.6. The van der Waals surface area contributed by atoms with Crippen LogP contribution >= 0.6 is 11.6 Å². The monoisotopic (exact) mass is 394 g/mol. The predicted octanol–water partition coefficient (Wildman–Crippen LogP) is 1.31. The van der Waals surface area contributed by atoms with E-state index in [-0.39, 0.29) is 5.92 Å². The normalized spacial score (nSPS) is 16.0. The van der Waals surface area contributed by atoms with E-state index in [1.807, 2.05) is 12.1 Å². The van der Waals surface area contributed by atoms with Crippen LogP contribution < -0.4 is 9.23 Å². The second-order valence-electron chi connectivity index (χ2n) is 5.87. The van der Waals surface area contributed by atoms with E-state index in [0.29, 0.717) is 0 Å². The van der Waals surface area contributed by atoms with Gasteiger partial charge in [0.2, 0.25) is 0 Å². The average molecular weight is 395 g/mol. The molecule has 26 heavy (non-hydrogen) atoms. The van der Waals surface area contributed by atoms with Gasteiger partial charge in [0, 0.05) is 22.7 Å². The van der Waals surface area contributed by atoms with Crippen molar-refractivity contribution in [1.29, 1.82) is 0 Å². The first-order valence-corrected chi connectivity index (χ1v) is 9.51.